The van der Waals surface area contributed by atoms with Gasteiger partial charge < -0.3 is 61.8 Å². The van der Waals surface area contributed by atoms with Crippen molar-refractivity contribution in [3.63, 3.8) is 0 Å². The minimum atomic E-state index is -2.56. The van der Waals surface area contributed by atoms with Gasteiger partial charge in [0.15, 0.2) is 0 Å². The molecule has 0 saturated carbocycles. The van der Waals surface area contributed by atoms with Crippen LogP contribution in [0.4, 0.5) is 5.69 Å². The number of ether oxygens (including phenoxy) is 11. The molecule has 0 aromatic heterocycles. The fourth-order valence-corrected chi connectivity index (χ4v) is 13.4. The normalized spacial score (nSPS) is 14.8. The van der Waals surface area contributed by atoms with Crippen molar-refractivity contribution in [2.45, 2.75) is 70.4 Å². The molecule has 1 fully saturated rings. The van der Waals surface area contributed by atoms with Crippen molar-refractivity contribution in [3.8, 4) is 0 Å². The molecule has 2 N–H and O–H groups in total. The van der Waals surface area contributed by atoms with Crippen LogP contribution in [0.3, 0.4) is 0 Å². The molecule has 1 atom stereocenters. The van der Waals surface area contributed by atoms with E-state index in [1.807, 2.05) is 12.1 Å². The van der Waals surface area contributed by atoms with E-state index in [1.165, 1.54) is 16.4 Å². The van der Waals surface area contributed by atoms with Crippen molar-refractivity contribution in [1.82, 2.24) is 10.2 Å². The number of hydrogen-bond acceptors (Lipinski definition) is 17. The Morgan fingerprint density at radius 1 is 0.513 bits per heavy atom. The third-order valence-corrected chi connectivity index (χ3v) is 17.7. The molecule has 5 rings (SSSR count). The molecular weight excluding hydrogens is 1030 g/mol. The molecule has 5 amide bonds. The van der Waals surface area contributed by atoms with Gasteiger partial charge in [-0.1, -0.05) is 93.9 Å². The van der Waals surface area contributed by atoms with Crippen molar-refractivity contribution < 1.29 is 80.5 Å². The zero-order chi connectivity index (χ0) is 55.5. The first-order valence-electron chi connectivity index (χ1n) is 27.3. The second-order valence-electron chi connectivity index (χ2n) is 19.3. The van der Waals surface area contributed by atoms with E-state index in [4.69, 9.17) is 56.5 Å². The molecule has 2 heterocycles. The molecule has 0 aliphatic carbocycles. The molecule has 0 spiro atoms. The van der Waals surface area contributed by atoms with Crippen molar-refractivity contribution in [2.75, 3.05) is 157 Å². The van der Waals surface area contributed by atoms with Gasteiger partial charge in [0.2, 0.25) is 17.7 Å². The summed E-state index contributed by atoms with van der Waals surface area (Å²) in [6.45, 7) is 17.7. The summed E-state index contributed by atoms with van der Waals surface area (Å²) >= 11 is 0. The molecule has 2 aliphatic rings. The van der Waals surface area contributed by atoms with E-state index in [0.29, 0.717) is 158 Å². The lowest BCUT2D eigenvalue weighted by Crippen LogP contribution is -2.66. The van der Waals surface area contributed by atoms with Crippen molar-refractivity contribution in [3.05, 3.63) is 90.0 Å². The molecule has 3 aromatic rings. The maximum atomic E-state index is 13.2. The van der Waals surface area contributed by atoms with Crippen molar-refractivity contribution in [1.29, 1.82) is 0 Å². The summed E-state index contributed by atoms with van der Waals surface area (Å²) in [7, 11) is -2.56. The van der Waals surface area contributed by atoms with Gasteiger partial charge in [-0.15, -0.1) is 0 Å². The highest BCUT2D eigenvalue weighted by atomic mass is 28.4. The average Bonchev–Trinajstić information content (AvgIpc) is 3.88. The summed E-state index contributed by atoms with van der Waals surface area (Å²) in [6, 6.07) is 24.7. The predicted molar refractivity (Wildman–Crippen MR) is 293 cm³/mol. The smallest absolute Gasteiger partial charge is 0.264 e. The summed E-state index contributed by atoms with van der Waals surface area (Å²) < 4.78 is 68.4. The second-order valence-corrected chi connectivity index (χ2v) is 23.6. The van der Waals surface area contributed by atoms with E-state index >= 15 is 0 Å². The monoisotopic (exact) mass is 1110 g/mol. The minimum absolute atomic E-state index is 0.0250. The van der Waals surface area contributed by atoms with Crippen LogP contribution in [-0.2, 0) is 70.9 Å². The third-order valence-electron chi connectivity index (χ3n) is 12.6. The molecular formula is C57H83N3O17Si. The zero-order valence-corrected chi connectivity index (χ0v) is 47.0. The fourth-order valence-electron chi connectivity index (χ4n) is 8.81. The lowest BCUT2D eigenvalue weighted by atomic mass is 10.0. The first-order valence-corrected chi connectivity index (χ1v) is 29.2. The molecule has 2 aliphatic heterocycles. The van der Waals surface area contributed by atoms with Crippen LogP contribution in [-0.4, -0.2) is 201 Å². The van der Waals surface area contributed by atoms with Gasteiger partial charge in [0, 0.05) is 19.4 Å². The average molecular weight is 1110 g/mol. The Morgan fingerprint density at radius 2 is 0.923 bits per heavy atom. The van der Waals surface area contributed by atoms with Crippen LogP contribution in [0.1, 0.15) is 80.0 Å². The number of carbonyl (C=O) groups is 5. The van der Waals surface area contributed by atoms with Gasteiger partial charge in [-0.25, -0.2) is 0 Å². The Kier molecular flexibility index (Phi) is 30.5. The molecule has 0 radical (unpaired) electrons. The Bertz CT molecular complexity index is 2160. The number of unbranched alkanes of at least 4 members (excludes halogenated alkanes) is 2. The lowest BCUT2D eigenvalue weighted by Gasteiger charge is -2.43. The third kappa shape index (κ3) is 22.0. The van der Waals surface area contributed by atoms with Crippen molar-refractivity contribution >= 4 is 53.9 Å². The van der Waals surface area contributed by atoms with Gasteiger partial charge in [0.1, 0.15) is 6.04 Å². The maximum Gasteiger partial charge on any atom is 0.264 e. The SMILES string of the molecule is CC(C)(C)[Si](OCCOCCOCCOCCOCCOCCOCCOCCOCCOCCOCCOCCCCCC(=O)Nc1cccc2c1C(=O)N(C1CCC(=O)NC1=O)C2=O)(c1ccccc1)c1ccccc1. The summed E-state index contributed by atoms with van der Waals surface area (Å²) in [5.41, 5.74) is 0.375. The summed E-state index contributed by atoms with van der Waals surface area (Å²) in [5, 5.41) is 7.35. The number of piperidine rings is 1. The topological polar surface area (TPSA) is 223 Å². The fraction of sp³-hybridized carbons (Fsp3) is 0.596. The largest absolute Gasteiger partial charge is 0.405 e. The quantitative estimate of drug-likeness (QED) is 0.0456. The standard InChI is InChI=1S/C57H83N3O17Si/c1-57(2,3)78(46-14-7-4-8-15-46,47-16-9-5-10-17-47)77-45-44-76-43-42-75-41-40-74-39-38-73-37-36-72-35-34-71-33-32-70-31-30-69-29-28-68-27-26-67-25-24-66-23-12-6-11-20-51(61)58-49-19-13-18-48-53(49)56(65)60(55(48)64)50-21-22-52(62)59-54(50)63/h4-5,7-10,13-19,50H,6,11-12,20-45H2,1-3H3,(H,58,61)(H,59,62,63). The van der Waals surface area contributed by atoms with Gasteiger partial charge in [-0.2, -0.15) is 0 Å². The van der Waals surface area contributed by atoms with Crippen LogP contribution in [0.25, 0.3) is 0 Å². The predicted octanol–water partition coefficient (Wildman–Crippen LogP) is 4.35. The molecule has 78 heavy (non-hydrogen) atoms. The number of fused-ring (bicyclic) bond motifs is 1. The van der Waals surface area contributed by atoms with Crippen LogP contribution in [0.5, 0.6) is 0 Å². The minimum Gasteiger partial charge on any atom is -0.405 e. The summed E-state index contributed by atoms with van der Waals surface area (Å²) in [4.78, 5) is 63.8. The summed E-state index contributed by atoms with van der Waals surface area (Å²) in [6.07, 6.45) is 2.42. The Balaban J connectivity index is 0.697. The van der Waals surface area contributed by atoms with Crippen molar-refractivity contribution in [2.24, 2.45) is 0 Å². The molecule has 21 heteroatoms. The number of nitrogens with zero attached hydrogens (tertiary/aromatic N) is 1. The first-order chi connectivity index (χ1) is 38.0. The van der Waals surface area contributed by atoms with Gasteiger partial charge in [0.25, 0.3) is 20.1 Å². The van der Waals surface area contributed by atoms with E-state index in [0.717, 1.165) is 17.7 Å². The van der Waals surface area contributed by atoms with E-state index in [1.54, 1.807) is 12.1 Å². The van der Waals surface area contributed by atoms with E-state index < -0.39 is 38.0 Å². The van der Waals surface area contributed by atoms with Crippen LogP contribution in [0.2, 0.25) is 5.04 Å². The second kappa shape index (κ2) is 37.2. The van der Waals surface area contributed by atoms with Gasteiger partial charge in [0.05, 0.1) is 162 Å². The van der Waals surface area contributed by atoms with Crippen LogP contribution in [0, 0.1) is 0 Å². The molecule has 20 nitrogen and oxygen atoms in total. The number of amides is 5. The van der Waals surface area contributed by atoms with Gasteiger partial charge in [-0.05, 0) is 46.8 Å². The van der Waals surface area contributed by atoms with Crippen LogP contribution >= 0.6 is 0 Å². The molecule has 3 aromatic carbocycles. The molecule has 1 unspecified atom stereocenters. The number of nitrogens with one attached hydrogen (secondary N) is 2. The number of imide groups is 2. The van der Waals surface area contributed by atoms with Crippen LogP contribution < -0.4 is 21.0 Å². The molecule has 1 saturated heterocycles. The molecule has 0 bridgehead atoms. The van der Waals surface area contributed by atoms with E-state index in [-0.39, 0.29) is 47.0 Å². The van der Waals surface area contributed by atoms with Gasteiger partial charge in [-0.3, -0.25) is 34.2 Å². The Morgan fingerprint density at radius 3 is 1.33 bits per heavy atom. The number of carbonyl (C=O) groups excluding carboxylic acids is 5. The number of anilines is 1. The zero-order valence-electron chi connectivity index (χ0n) is 46.0. The van der Waals surface area contributed by atoms with Crippen LogP contribution in [0.15, 0.2) is 78.9 Å². The van der Waals surface area contributed by atoms with E-state index in [2.05, 4.69) is 79.9 Å². The molecule has 432 valence electrons. The van der Waals surface area contributed by atoms with E-state index in [9.17, 15) is 24.0 Å². The highest BCUT2D eigenvalue weighted by Gasteiger charge is 2.50. The lowest BCUT2D eigenvalue weighted by molar-refractivity contribution is -0.136. The highest BCUT2D eigenvalue weighted by Crippen LogP contribution is 2.37. The number of hydrogen-bond donors (Lipinski definition) is 2. The number of benzene rings is 3. The van der Waals surface area contributed by atoms with Gasteiger partial charge >= 0.3 is 0 Å². The highest BCUT2D eigenvalue weighted by molar-refractivity contribution is 6.99. The maximum absolute atomic E-state index is 13.2. The summed E-state index contributed by atoms with van der Waals surface area (Å²) in [5.74, 6) is -2.73. The Labute approximate surface area is 460 Å². The number of rotatable bonds is 44. The first kappa shape index (κ1) is 64.0. The Hall–Kier alpha value is -4.85.